The molecule has 0 aliphatic heterocycles. The number of nitrogens with one attached hydrogen (secondary N) is 1. The molecular formula is C16H28N4O2S3. The number of amides is 2. The van der Waals surface area contributed by atoms with Gasteiger partial charge in [0, 0.05) is 18.6 Å². The fourth-order valence-electron chi connectivity index (χ4n) is 2.26. The molecule has 2 amide bonds. The molecule has 6 nitrogen and oxygen atoms in total. The maximum absolute atomic E-state index is 12.7. The fourth-order valence-corrected chi connectivity index (χ4v) is 5.31. The van der Waals surface area contributed by atoms with Gasteiger partial charge in [-0.15, -0.1) is 10.2 Å². The highest BCUT2D eigenvalue weighted by atomic mass is 32.2. The van der Waals surface area contributed by atoms with Crippen LogP contribution in [0, 0.1) is 0 Å². The number of carbonyl (C=O) groups is 2. The molecule has 0 radical (unpaired) electrons. The highest BCUT2D eigenvalue weighted by Crippen LogP contribution is 2.32. The van der Waals surface area contributed by atoms with E-state index in [1.54, 1.807) is 0 Å². The van der Waals surface area contributed by atoms with Gasteiger partial charge in [0.2, 0.25) is 11.8 Å². The molecule has 0 saturated carbocycles. The Morgan fingerprint density at radius 2 is 1.72 bits per heavy atom. The minimum atomic E-state index is -0.219. The van der Waals surface area contributed by atoms with Crippen LogP contribution in [0.3, 0.4) is 0 Å². The lowest BCUT2D eigenvalue weighted by Crippen LogP contribution is -2.45. The molecule has 1 N–H and O–H groups in total. The molecule has 1 aromatic heterocycles. The Bertz CT molecular complexity index is 555. The lowest BCUT2D eigenvalue weighted by atomic mass is 10.2. The molecule has 1 heterocycles. The Morgan fingerprint density at radius 3 is 2.28 bits per heavy atom. The van der Waals surface area contributed by atoms with E-state index in [-0.39, 0.29) is 29.1 Å². The number of aromatic nitrogens is 2. The first kappa shape index (κ1) is 22.2. The Balaban J connectivity index is 2.56. The van der Waals surface area contributed by atoms with E-state index in [4.69, 9.17) is 0 Å². The number of nitrogens with zero attached hydrogens (tertiary/aromatic N) is 3. The van der Waals surface area contributed by atoms with Gasteiger partial charge < -0.3 is 10.2 Å². The molecule has 0 bridgehead atoms. The smallest absolute Gasteiger partial charge is 0.236 e. The van der Waals surface area contributed by atoms with Crippen LogP contribution in [0.4, 0.5) is 0 Å². The molecule has 1 atom stereocenters. The summed E-state index contributed by atoms with van der Waals surface area (Å²) in [4.78, 5) is 26.2. The first-order chi connectivity index (χ1) is 11.8. The second-order valence-corrected chi connectivity index (χ2v) is 9.95. The Morgan fingerprint density at radius 1 is 1.12 bits per heavy atom. The molecule has 1 unspecified atom stereocenters. The predicted molar refractivity (Wildman–Crippen MR) is 106 cm³/mol. The lowest BCUT2D eigenvalue weighted by molar-refractivity contribution is -0.133. The Kier molecular flexibility index (Phi) is 9.81. The average molecular weight is 405 g/mol. The zero-order valence-corrected chi connectivity index (χ0v) is 18.2. The fraction of sp³-hybridized carbons (Fsp3) is 0.750. The molecule has 1 rings (SSSR count). The van der Waals surface area contributed by atoms with Gasteiger partial charge in [0.05, 0.1) is 11.0 Å². The first-order valence-electron chi connectivity index (χ1n) is 8.48. The standard InChI is InChI=1S/C16H28N4O2S3/c1-7-8-17-13(21)9-23-15-18-19-16(25-15)24-12(6)14(22)20(10(2)3)11(4)5/h10-12H,7-9H2,1-6H3,(H,17,21). The highest BCUT2D eigenvalue weighted by molar-refractivity contribution is 8.04. The number of carbonyl (C=O) groups excluding carboxylic acids is 2. The van der Waals surface area contributed by atoms with Crippen LogP contribution >= 0.6 is 34.9 Å². The van der Waals surface area contributed by atoms with Gasteiger partial charge in [-0.05, 0) is 41.0 Å². The molecule has 0 saturated heterocycles. The first-order valence-corrected chi connectivity index (χ1v) is 11.2. The number of hydrogen-bond acceptors (Lipinski definition) is 7. The van der Waals surface area contributed by atoms with E-state index in [2.05, 4.69) is 15.5 Å². The molecule has 0 fully saturated rings. The third-order valence-corrected chi connectivity index (χ3v) is 6.51. The Hall–Kier alpha value is -0.800. The largest absolute Gasteiger partial charge is 0.355 e. The summed E-state index contributed by atoms with van der Waals surface area (Å²) >= 11 is 4.23. The summed E-state index contributed by atoms with van der Waals surface area (Å²) < 4.78 is 1.50. The number of rotatable bonds is 10. The lowest BCUT2D eigenvalue weighted by Gasteiger charge is -2.32. The van der Waals surface area contributed by atoms with Crippen LogP contribution in [0.15, 0.2) is 8.68 Å². The van der Waals surface area contributed by atoms with Crippen LogP contribution < -0.4 is 5.32 Å². The van der Waals surface area contributed by atoms with E-state index in [0.29, 0.717) is 12.3 Å². The van der Waals surface area contributed by atoms with Gasteiger partial charge in [-0.3, -0.25) is 9.59 Å². The van der Waals surface area contributed by atoms with Crippen molar-refractivity contribution < 1.29 is 9.59 Å². The van der Waals surface area contributed by atoms with Gasteiger partial charge in [0.1, 0.15) is 0 Å². The zero-order chi connectivity index (χ0) is 19.0. The minimum absolute atomic E-state index is 0.00399. The maximum Gasteiger partial charge on any atom is 0.236 e. The van der Waals surface area contributed by atoms with Crippen LogP contribution in [0.5, 0.6) is 0 Å². The second kappa shape index (κ2) is 11.0. The van der Waals surface area contributed by atoms with Crippen molar-refractivity contribution in [2.45, 2.75) is 74.0 Å². The van der Waals surface area contributed by atoms with Crippen LogP contribution in [0.2, 0.25) is 0 Å². The minimum Gasteiger partial charge on any atom is -0.355 e. The molecule has 0 spiro atoms. The maximum atomic E-state index is 12.7. The van der Waals surface area contributed by atoms with Crippen molar-refractivity contribution >= 4 is 46.7 Å². The summed E-state index contributed by atoms with van der Waals surface area (Å²) in [7, 11) is 0. The van der Waals surface area contributed by atoms with Gasteiger partial charge >= 0.3 is 0 Å². The van der Waals surface area contributed by atoms with Crippen molar-refractivity contribution in [2.24, 2.45) is 0 Å². The SMILES string of the molecule is CCCNC(=O)CSc1nnc(SC(C)C(=O)N(C(C)C)C(C)C)s1. The summed E-state index contributed by atoms with van der Waals surface area (Å²) in [5, 5.41) is 10.8. The van der Waals surface area contributed by atoms with Crippen molar-refractivity contribution in [3.05, 3.63) is 0 Å². The van der Waals surface area contributed by atoms with Crippen LogP contribution in [0.1, 0.15) is 48.0 Å². The van der Waals surface area contributed by atoms with Crippen LogP contribution in [0.25, 0.3) is 0 Å². The molecular weight excluding hydrogens is 376 g/mol. The van der Waals surface area contributed by atoms with Gasteiger partial charge in [0.25, 0.3) is 0 Å². The summed E-state index contributed by atoms with van der Waals surface area (Å²) in [6, 6.07) is 0.329. The van der Waals surface area contributed by atoms with Gasteiger partial charge in [-0.1, -0.05) is 41.8 Å². The molecule has 142 valence electrons. The number of hydrogen-bond donors (Lipinski definition) is 1. The third kappa shape index (κ3) is 7.53. The van der Waals surface area contributed by atoms with Crippen LogP contribution in [-0.4, -0.2) is 56.5 Å². The van der Waals surface area contributed by atoms with Crippen LogP contribution in [-0.2, 0) is 9.59 Å². The average Bonchev–Trinajstić information content (AvgIpc) is 2.97. The van der Waals surface area contributed by atoms with E-state index >= 15 is 0 Å². The van der Waals surface area contributed by atoms with E-state index < -0.39 is 0 Å². The highest BCUT2D eigenvalue weighted by Gasteiger charge is 2.26. The monoisotopic (exact) mass is 404 g/mol. The molecule has 0 aromatic carbocycles. The van der Waals surface area contributed by atoms with Crippen molar-refractivity contribution in [1.82, 2.24) is 20.4 Å². The second-order valence-electron chi connectivity index (χ2n) is 6.17. The van der Waals surface area contributed by atoms with Crippen molar-refractivity contribution in [1.29, 1.82) is 0 Å². The topological polar surface area (TPSA) is 75.2 Å². The van der Waals surface area contributed by atoms with E-state index in [0.717, 1.165) is 15.1 Å². The van der Waals surface area contributed by atoms with E-state index in [9.17, 15) is 9.59 Å². The van der Waals surface area contributed by atoms with Crippen molar-refractivity contribution in [2.75, 3.05) is 12.3 Å². The van der Waals surface area contributed by atoms with Crippen molar-refractivity contribution in [3.63, 3.8) is 0 Å². The normalized spacial score (nSPS) is 12.5. The van der Waals surface area contributed by atoms with Gasteiger partial charge in [-0.2, -0.15) is 0 Å². The van der Waals surface area contributed by atoms with Crippen molar-refractivity contribution in [3.8, 4) is 0 Å². The summed E-state index contributed by atoms with van der Waals surface area (Å²) in [5.41, 5.74) is 0. The predicted octanol–water partition coefficient (Wildman–Crippen LogP) is 3.28. The summed E-state index contributed by atoms with van der Waals surface area (Å²) in [6.45, 7) is 12.7. The molecule has 1 aromatic rings. The molecule has 0 aliphatic carbocycles. The molecule has 0 aliphatic rings. The van der Waals surface area contributed by atoms with Gasteiger partial charge in [-0.25, -0.2) is 0 Å². The summed E-state index contributed by atoms with van der Waals surface area (Å²) in [6.07, 6.45) is 0.922. The quantitative estimate of drug-likeness (QED) is 0.603. The van der Waals surface area contributed by atoms with E-state index in [1.165, 1.54) is 34.9 Å². The third-order valence-electron chi connectivity index (χ3n) is 3.28. The Labute approximate surface area is 162 Å². The number of thioether (sulfide) groups is 2. The molecule has 9 heteroatoms. The van der Waals surface area contributed by atoms with Gasteiger partial charge in [0.15, 0.2) is 8.68 Å². The molecule has 25 heavy (non-hydrogen) atoms. The van der Waals surface area contributed by atoms with E-state index in [1.807, 2.05) is 46.4 Å². The summed E-state index contributed by atoms with van der Waals surface area (Å²) in [5.74, 6) is 0.449. The zero-order valence-electron chi connectivity index (χ0n) is 15.7.